The fourth-order valence-corrected chi connectivity index (χ4v) is 2.28. The van der Waals surface area contributed by atoms with Crippen LogP contribution in [-0.2, 0) is 9.53 Å². The maximum Gasteiger partial charge on any atom is 0.344 e. The summed E-state index contributed by atoms with van der Waals surface area (Å²) in [5, 5.41) is 0. The molecule has 0 fully saturated rings. The molecule has 0 spiro atoms. The summed E-state index contributed by atoms with van der Waals surface area (Å²) in [5.74, 6) is 0.316. The molecule has 0 aromatic heterocycles. The first-order valence-electron chi connectivity index (χ1n) is 6.98. The molecule has 1 aliphatic rings. The fourth-order valence-electron chi connectivity index (χ4n) is 2.28. The zero-order valence-electron chi connectivity index (χ0n) is 13.1. The summed E-state index contributed by atoms with van der Waals surface area (Å²) in [7, 11) is 2.95. The molecule has 120 valence electrons. The van der Waals surface area contributed by atoms with E-state index in [4.69, 9.17) is 14.2 Å². The number of methoxy groups -OCH3 is 2. The van der Waals surface area contributed by atoms with Gasteiger partial charge in [0.05, 0.1) is 14.2 Å². The molecule has 0 radical (unpaired) electrons. The topological polar surface area (TPSA) is 85.9 Å². The summed E-state index contributed by atoms with van der Waals surface area (Å²) in [5.41, 5.74) is 6.16. The van der Waals surface area contributed by atoms with Gasteiger partial charge in [-0.15, -0.1) is 0 Å². The maximum absolute atomic E-state index is 12.0. The van der Waals surface area contributed by atoms with Crippen LogP contribution >= 0.6 is 0 Å². The van der Waals surface area contributed by atoms with Gasteiger partial charge < -0.3 is 14.2 Å². The third-order valence-electron chi connectivity index (χ3n) is 3.23. The SMILES string of the molecule is COc1ccc2c(c1OC)C(=O)O[C@@H]2NNC(=O)CC(C)C. The van der Waals surface area contributed by atoms with E-state index in [0.29, 0.717) is 29.0 Å². The molecule has 22 heavy (non-hydrogen) atoms. The highest BCUT2D eigenvalue weighted by Crippen LogP contribution is 2.40. The number of ether oxygens (including phenoxy) is 3. The maximum atomic E-state index is 12.0. The first-order valence-corrected chi connectivity index (χ1v) is 6.98. The van der Waals surface area contributed by atoms with Crippen molar-refractivity contribution >= 4 is 11.9 Å². The normalized spacial score (nSPS) is 16.2. The number of benzene rings is 1. The Kier molecular flexibility index (Phi) is 4.87. The molecule has 2 N–H and O–H groups in total. The van der Waals surface area contributed by atoms with Gasteiger partial charge in [-0.2, -0.15) is 5.43 Å². The van der Waals surface area contributed by atoms with Crippen LogP contribution < -0.4 is 20.3 Å². The molecule has 2 rings (SSSR count). The van der Waals surface area contributed by atoms with Gasteiger partial charge in [0.15, 0.2) is 17.7 Å². The number of hydrogen-bond acceptors (Lipinski definition) is 6. The van der Waals surface area contributed by atoms with Gasteiger partial charge in [-0.05, 0) is 18.1 Å². The van der Waals surface area contributed by atoms with E-state index < -0.39 is 12.2 Å². The Labute approximate surface area is 128 Å². The van der Waals surface area contributed by atoms with E-state index >= 15 is 0 Å². The van der Waals surface area contributed by atoms with Crippen molar-refractivity contribution in [2.24, 2.45) is 5.92 Å². The Balaban J connectivity index is 2.17. The van der Waals surface area contributed by atoms with Crippen LogP contribution in [0.4, 0.5) is 0 Å². The van der Waals surface area contributed by atoms with E-state index in [9.17, 15) is 9.59 Å². The molecule has 1 aromatic rings. The Morgan fingerprint density at radius 3 is 2.64 bits per heavy atom. The van der Waals surface area contributed by atoms with Crippen molar-refractivity contribution < 1.29 is 23.8 Å². The predicted molar refractivity (Wildman–Crippen MR) is 78.4 cm³/mol. The minimum absolute atomic E-state index is 0.167. The number of fused-ring (bicyclic) bond motifs is 1. The molecule has 0 bridgehead atoms. The van der Waals surface area contributed by atoms with E-state index in [0.717, 1.165) is 0 Å². The van der Waals surface area contributed by atoms with E-state index in [2.05, 4.69) is 10.9 Å². The summed E-state index contributed by atoms with van der Waals surface area (Å²) < 4.78 is 15.6. The zero-order chi connectivity index (χ0) is 16.3. The van der Waals surface area contributed by atoms with Crippen LogP contribution in [0.3, 0.4) is 0 Å². The number of rotatable bonds is 6. The lowest BCUT2D eigenvalue weighted by molar-refractivity contribution is -0.123. The third kappa shape index (κ3) is 3.14. The van der Waals surface area contributed by atoms with Crippen LogP contribution in [0.1, 0.15) is 42.4 Å². The van der Waals surface area contributed by atoms with Gasteiger partial charge in [-0.3, -0.25) is 10.2 Å². The Morgan fingerprint density at radius 2 is 2.05 bits per heavy atom. The van der Waals surface area contributed by atoms with Crippen molar-refractivity contribution in [2.75, 3.05) is 14.2 Å². The average Bonchev–Trinajstić information content (AvgIpc) is 2.80. The van der Waals surface area contributed by atoms with Crippen LogP contribution in [0.2, 0.25) is 0 Å². The van der Waals surface area contributed by atoms with Crippen molar-refractivity contribution in [3.63, 3.8) is 0 Å². The summed E-state index contributed by atoms with van der Waals surface area (Å²) in [6.07, 6.45) is -0.370. The van der Waals surface area contributed by atoms with Crippen molar-refractivity contribution in [3.8, 4) is 11.5 Å². The molecule has 7 nitrogen and oxygen atoms in total. The van der Waals surface area contributed by atoms with Gasteiger partial charge in [0, 0.05) is 12.0 Å². The second kappa shape index (κ2) is 6.65. The molecule has 1 heterocycles. The minimum atomic E-state index is -0.751. The number of amides is 1. The van der Waals surface area contributed by atoms with Gasteiger partial charge in [0.2, 0.25) is 5.91 Å². The number of nitrogens with one attached hydrogen (secondary N) is 2. The standard InChI is InChI=1S/C15H20N2O5/c1-8(2)7-11(18)16-17-14-9-5-6-10(20-3)13(21-4)12(9)15(19)22-14/h5-6,8,14,17H,7H2,1-4H3,(H,16,18)/t14-/m0/s1. The molecule has 1 aliphatic heterocycles. The quantitative estimate of drug-likeness (QED) is 0.612. The summed E-state index contributed by atoms with van der Waals surface area (Å²) in [6, 6.07) is 3.39. The van der Waals surface area contributed by atoms with E-state index in [1.165, 1.54) is 14.2 Å². The monoisotopic (exact) mass is 308 g/mol. The van der Waals surface area contributed by atoms with Gasteiger partial charge in [-0.1, -0.05) is 13.8 Å². The molecular weight excluding hydrogens is 288 g/mol. The number of carbonyl (C=O) groups is 2. The number of esters is 1. The zero-order valence-corrected chi connectivity index (χ0v) is 13.1. The number of hydrogen-bond donors (Lipinski definition) is 2. The van der Waals surface area contributed by atoms with Gasteiger partial charge >= 0.3 is 5.97 Å². The van der Waals surface area contributed by atoms with Crippen LogP contribution in [0.15, 0.2) is 12.1 Å². The lowest BCUT2D eigenvalue weighted by Crippen LogP contribution is -2.40. The highest BCUT2D eigenvalue weighted by Gasteiger charge is 2.35. The molecule has 1 amide bonds. The minimum Gasteiger partial charge on any atom is -0.493 e. The molecule has 1 aromatic carbocycles. The van der Waals surface area contributed by atoms with Crippen molar-refractivity contribution in [2.45, 2.75) is 26.5 Å². The van der Waals surface area contributed by atoms with E-state index in [-0.39, 0.29) is 11.8 Å². The lowest BCUT2D eigenvalue weighted by atomic mass is 10.1. The number of carbonyl (C=O) groups excluding carboxylic acids is 2. The van der Waals surface area contributed by atoms with Crippen LogP contribution in [0.5, 0.6) is 11.5 Å². The fraction of sp³-hybridized carbons (Fsp3) is 0.467. The molecular formula is C15H20N2O5. The first-order chi connectivity index (χ1) is 10.5. The molecule has 0 unspecified atom stereocenters. The number of cyclic esters (lactones) is 1. The van der Waals surface area contributed by atoms with Crippen LogP contribution in [-0.4, -0.2) is 26.1 Å². The third-order valence-corrected chi connectivity index (χ3v) is 3.23. The molecule has 0 saturated heterocycles. The van der Waals surface area contributed by atoms with E-state index in [1.54, 1.807) is 12.1 Å². The predicted octanol–water partition coefficient (Wildman–Crippen LogP) is 1.54. The highest BCUT2D eigenvalue weighted by atomic mass is 16.6. The summed E-state index contributed by atoms with van der Waals surface area (Å²) in [4.78, 5) is 23.7. The lowest BCUT2D eigenvalue weighted by Gasteiger charge is -2.15. The number of hydrazine groups is 1. The molecule has 0 aliphatic carbocycles. The Bertz CT molecular complexity index is 586. The molecule has 7 heteroatoms. The Morgan fingerprint density at radius 1 is 1.32 bits per heavy atom. The Hall–Kier alpha value is -2.28. The summed E-state index contributed by atoms with van der Waals surface area (Å²) >= 11 is 0. The van der Waals surface area contributed by atoms with Crippen molar-refractivity contribution in [3.05, 3.63) is 23.3 Å². The summed E-state index contributed by atoms with van der Waals surface area (Å²) in [6.45, 7) is 3.89. The first kappa shape index (κ1) is 16.1. The molecule has 0 saturated carbocycles. The van der Waals surface area contributed by atoms with Gasteiger partial charge in [-0.25, -0.2) is 4.79 Å². The van der Waals surface area contributed by atoms with Crippen LogP contribution in [0, 0.1) is 5.92 Å². The second-order valence-electron chi connectivity index (χ2n) is 5.34. The van der Waals surface area contributed by atoms with Gasteiger partial charge in [0.1, 0.15) is 5.56 Å². The highest BCUT2D eigenvalue weighted by molar-refractivity contribution is 5.98. The van der Waals surface area contributed by atoms with Crippen LogP contribution in [0.25, 0.3) is 0 Å². The van der Waals surface area contributed by atoms with Gasteiger partial charge in [0.25, 0.3) is 0 Å². The van der Waals surface area contributed by atoms with E-state index in [1.807, 2.05) is 13.8 Å². The smallest absolute Gasteiger partial charge is 0.344 e. The van der Waals surface area contributed by atoms with Crippen molar-refractivity contribution in [1.82, 2.24) is 10.9 Å². The average molecular weight is 308 g/mol. The second-order valence-corrected chi connectivity index (χ2v) is 5.34. The molecule has 1 atom stereocenters. The largest absolute Gasteiger partial charge is 0.493 e. The van der Waals surface area contributed by atoms with Crippen molar-refractivity contribution in [1.29, 1.82) is 0 Å².